The van der Waals surface area contributed by atoms with Crippen molar-refractivity contribution in [1.29, 1.82) is 0 Å². The van der Waals surface area contributed by atoms with Gasteiger partial charge >= 0.3 is 5.97 Å². The van der Waals surface area contributed by atoms with Crippen molar-refractivity contribution in [3.05, 3.63) is 35.4 Å². The molecule has 0 radical (unpaired) electrons. The first-order chi connectivity index (χ1) is 7.68. The summed E-state index contributed by atoms with van der Waals surface area (Å²) in [4.78, 5) is 11.5. The number of hydrogen-bond donors (Lipinski definition) is 0. The van der Waals surface area contributed by atoms with E-state index < -0.39 is 17.6 Å². The van der Waals surface area contributed by atoms with Gasteiger partial charge in [0, 0.05) is 6.42 Å². The molecule has 0 amide bonds. The van der Waals surface area contributed by atoms with Gasteiger partial charge in [-0.2, -0.15) is 0 Å². The molecule has 0 N–H and O–H groups in total. The molecule has 0 bridgehead atoms. The number of benzene rings is 1. The van der Waals surface area contributed by atoms with Crippen LogP contribution in [0.4, 0.5) is 8.78 Å². The molecular weight excluding hydrogens is 218 g/mol. The van der Waals surface area contributed by atoms with E-state index in [1.165, 1.54) is 12.1 Å². The van der Waals surface area contributed by atoms with Crippen LogP contribution in [-0.2, 0) is 9.47 Å². The molecule has 2 rings (SSSR count). The summed E-state index contributed by atoms with van der Waals surface area (Å²) >= 11 is 0. The van der Waals surface area contributed by atoms with Crippen LogP contribution in [-0.4, -0.2) is 25.3 Å². The van der Waals surface area contributed by atoms with Gasteiger partial charge in [-0.15, -0.1) is 0 Å². The maximum absolute atomic E-state index is 13.2. The molecule has 1 heterocycles. The molecule has 0 aromatic heterocycles. The quantitative estimate of drug-likeness (QED) is 0.725. The van der Waals surface area contributed by atoms with Crippen LogP contribution in [0.2, 0.25) is 0 Å². The molecule has 1 saturated heterocycles. The third kappa shape index (κ3) is 2.19. The van der Waals surface area contributed by atoms with E-state index in [9.17, 15) is 13.6 Å². The summed E-state index contributed by atoms with van der Waals surface area (Å²) < 4.78 is 36.0. The summed E-state index contributed by atoms with van der Waals surface area (Å²) in [6, 6.07) is 3.40. The first-order valence-corrected chi connectivity index (χ1v) is 4.91. The second-order valence-electron chi connectivity index (χ2n) is 3.49. The number of hydrogen-bond acceptors (Lipinski definition) is 3. The lowest BCUT2D eigenvalue weighted by atomic mass is 10.2. The predicted octanol–water partition coefficient (Wildman–Crippen LogP) is 1.91. The number of ether oxygens (including phenoxy) is 2. The molecule has 1 aliphatic heterocycles. The fourth-order valence-corrected chi connectivity index (χ4v) is 1.48. The molecular formula is C11H10F2O3. The van der Waals surface area contributed by atoms with Gasteiger partial charge in [-0.25, -0.2) is 13.6 Å². The highest BCUT2D eigenvalue weighted by Gasteiger charge is 2.23. The number of carbonyl (C=O) groups excluding carboxylic acids is 1. The fourth-order valence-electron chi connectivity index (χ4n) is 1.48. The van der Waals surface area contributed by atoms with E-state index in [0.29, 0.717) is 19.6 Å². The third-order valence-corrected chi connectivity index (χ3v) is 2.33. The van der Waals surface area contributed by atoms with Crippen molar-refractivity contribution in [2.24, 2.45) is 0 Å². The van der Waals surface area contributed by atoms with Crippen molar-refractivity contribution in [1.82, 2.24) is 0 Å². The second-order valence-corrected chi connectivity index (χ2v) is 3.49. The van der Waals surface area contributed by atoms with E-state index >= 15 is 0 Å². The lowest BCUT2D eigenvalue weighted by Gasteiger charge is -2.10. The Balaban J connectivity index is 2.11. The van der Waals surface area contributed by atoms with E-state index in [1.807, 2.05) is 0 Å². The average Bonchev–Trinajstić information content (AvgIpc) is 2.74. The molecule has 1 aromatic carbocycles. The van der Waals surface area contributed by atoms with Gasteiger partial charge in [0.1, 0.15) is 6.10 Å². The van der Waals surface area contributed by atoms with Crippen molar-refractivity contribution in [3.8, 4) is 0 Å². The predicted molar refractivity (Wildman–Crippen MR) is 51.0 cm³/mol. The molecule has 1 atom stereocenters. The molecule has 0 spiro atoms. The highest BCUT2D eigenvalue weighted by molar-refractivity contribution is 5.89. The molecule has 1 fully saturated rings. The summed E-state index contributed by atoms with van der Waals surface area (Å²) in [7, 11) is 0. The third-order valence-electron chi connectivity index (χ3n) is 2.33. The van der Waals surface area contributed by atoms with Crippen LogP contribution in [0.3, 0.4) is 0 Å². The summed E-state index contributed by atoms with van der Waals surface area (Å²) in [5, 5.41) is 0. The van der Waals surface area contributed by atoms with Crippen molar-refractivity contribution in [2.45, 2.75) is 12.5 Å². The van der Waals surface area contributed by atoms with Crippen LogP contribution in [0.1, 0.15) is 16.8 Å². The maximum atomic E-state index is 13.2. The maximum Gasteiger partial charge on any atom is 0.341 e. The number of esters is 1. The Morgan fingerprint density at radius 1 is 1.44 bits per heavy atom. The summed E-state index contributed by atoms with van der Waals surface area (Å²) in [5.74, 6) is -3.09. The number of rotatable bonds is 2. The molecule has 1 aromatic rings. The zero-order valence-corrected chi connectivity index (χ0v) is 8.41. The Morgan fingerprint density at radius 2 is 2.25 bits per heavy atom. The highest BCUT2D eigenvalue weighted by Crippen LogP contribution is 2.15. The van der Waals surface area contributed by atoms with Gasteiger partial charge in [0.05, 0.1) is 18.8 Å². The topological polar surface area (TPSA) is 35.5 Å². The lowest BCUT2D eigenvalue weighted by Crippen LogP contribution is -2.19. The number of halogens is 2. The molecule has 1 aliphatic rings. The monoisotopic (exact) mass is 228 g/mol. The Hall–Kier alpha value is -1.49. The Kier molecular flexibility index (Phi) is 3.14. The zero-order valence-electron chi connectivity index (χ0n) is 8.41. The smallest absolute Gasteiger partial charge is 0.341 e. The van der Waals surface area contributed by atoms with Crippen LogP contribution < -0.4 is 0 Å². The Morgan fingerprint density at radius 3 is 2.94 bits per heavy atom. The molecule has 0 saturated carbocycles. The Labute approximate surface area is 91.0 Å². The van der Waals surface area contributed by atoms with E-state index in [0.717, 1.165) is 6.07 Å². The minimum Gasteiger partial charge on any atom is -0.456 e. The van der Waals surface area contributed by atoms with Crippen LogP contribution in [0, 0.1) is 11.6 Å². The van der Waals surface area contributed by atoms with Crippen LogP contribution in [0.25, 0.3) is 0 Å². The lowest BCUT2D eigenvalue weighted by molar-refractivity contribution is 0.0264. The second kappa shape index (κ2) is 4.57. The SMILES string of the molecule is O=C(OC1CCOC1)c1cccc(F)c1F. The van der Waals surface area contributed by atoms with E-state index in [-0.39, 0.29) is 11.7 Å². The number of carbonyl (C=O) groups is 1. The van der Waals surface area contributed by atoms with Crippen molar-refractivity contribution in [2.75, 3.05) is 13.2 Å². The first-order valence-electron chi connectivity index (χ1n) is 4.91. The molecule has 3 nitrogen and oxygen atoms in total. The van der Waals surface area contributed by atoms with Gasteiger partial charge in [-0.3, -0.25) is 0 Å². The van der Waals surface area contributed by atoms with Gasteiger partial charge in [-0.1, -0.05) is 6.07 Å². The van der Waals surface area contributed by atoms with E-state index in [1.54, 1.807) is 0 Å². The van der Waals surface area contributed by atoms with Gasteiger partial charge in [0.2, 0.25) is 0 Å². The van der Waals surface area contributed by atoms with Gasteiger partial charge in [0.25, 0.3) is 0 Å². The van der Waals surface area contributed by atoms with E-state index in [4.69, 9.17) is 9.47 Å². The zero-order chi connectivity index (χ0) is 11.5. The van der Waals surface area contributed by atoms with Gasteiger partial charge < -0.3 is 9.47 Å². The van der Waals surface area contributed by atoms with Crippen LogP contribution >= 0.6 is 0 Å². The largest absolute Gasteiger partial charge is 0.456 e. The average molecular weight is 228 g/mol. The van der Waals surface area contributed by atoms with E-state index in [2.05, 4.69) is 0 Å². The molecule has 86 valence electrons. The summed E-state index contributed by atoms with van der Waals surface area (Å²) in [6.45, 7) is 0.826. The van der Waals surface area contributed by atoms with Crippen LogP contribution in [0.15, 0.2) is 18.2 Å². The molecule has 16 heavy (non-hydrogen) atoms. The van der Waals surface area contributed by atoms with Gasteiger partial charge in [-0.05, 0) is 12.1 Å². The first kappa shape index (κ1) is 11.0. The van der Waals surface area contributed by atoms with Crippen molar-refractivity contribution >= 4 is 5.97 Å². The minimum atomic E-state index is -1.17. The Bertz CT molecular complexity index is 400. The standard InChI is InChI=1S/C11H10F2O3/c12-9-3-1-2-8(10(9)13)11(14)16-7-4-5-15-6-7/h1-3,7H,4-6H2. The summed E-state index contributed by atoms with van der Waals surface area (Å²) in [5.41, 5.74) is -0.382. The van der Waals surface area contributed by atoms with Gasteiger partial charge in [0.15, 0.2) is 11.6 Å². The molecule has 5 heteroatoms. The molecule has 1 unspecified atom stereocenters. The molecule has 0 aliphatic carbocycles. The normalized spacial score (nSPS) is 19.8. The van der Waals surface area contributed by atoms with Crippen molar-refractivity contribution < 1.29 is 23.0 Å². The highest BCUT2D eigenvalue weighted by atomic mass is 19.2. The van der Waals surface area contributed by atoms with Crippen molar-refractivity contribution in [3.63, 3.8) is 0 Å². The summed E-state index contributed by atoms with van der Waals surface area (Å²) in [6.07, 6.45) is 0.220. The fraction of sp³-hybridized carbons (Fsp3) is 0.364. The minimum absolute atomic E-state index is 0.308. The van der Waals surface area contributed by atoms with Crippen LogP contribution in [0.5, 0.6) is 0 Å².